The minimum atomic E-state index is -1.05. The number of ether oxygens (including phenoxy) is 1. The molecule has 3 rings (SSSR count). The van der Waals surface area contributed by atoms with E-state index in [1.165, 1.54) is 0 Å². The first-order valence-electron chi connectivity index (χ1n) is 7.48. The van der Waals surface area contributed by atoms with Crippen LogP contribution in [0.3, 0.4) is 0 Å². The fraction of sp³-hybridized carbons (Fsp3) is 0.0526. The number of hydrogen-bond donors (Lipinski definition) is 1. The number of benzene rings is 2. The second-order valence-corrected chi connectivity index (χ2v) is 6.03. The molecule has 0 radical (unpaired) electrons. The van der Waals surface area contributed by atoms with Crippen LogP contribution in [0.5, 0.6) is 5.75 Å². The molecule has 0 aliphatic carbocycles. The highest BCUT2D eigenvalue weighted by Gasteiger charge is 2.14. The molecule has 0 bridgehead atoms. The van der Waals surface area contributed by atoms with E-state index in [4.69, 9.17) is 9.15 Å². The fourth-order valence-corrected chi connectivity index (χ4v) is 2.87. The van der Waals surface area contributed by atoms with Gasteiger partial charge in [-0.3, -0.25) is 0 Å². The molecule has 6 heteroatoms. The van der Waals surface area contributed by atoms with E-state index < -0.39 is 5.97 Å². The zero-order valence-electron chi connectivity index (χ0n) is 13.2. The third-order valence-electron chi connectivity index (χ3n) is 3.21. The summed E-state index contributed by atoms with van der Waals surface area (Å²) in [5.41, 5.74) is 2.02. The number of thioether (sulfide) groups is 1. The van der Waals surface area contributed by atoms with Crippen molar-refractivity contribution in [3.8, 4) is 5.75 Å². The molecule has 0 saturated carbocycles. The van der Waals surface area contributed by atoms with Gasteiger partial charge in [0.15, 0.2) is 5.58 Å². The maximum atomic E-state index is 11.6. The molecular weight excluding hydrogens is 338 g/mol. The van der Waals surface area contributed by atoms with Crippen LogP contribution in [0.15, 0.2) is 75.7 Å². The second-order valence-electron chi connectivity index (χ2n) is 5.04. The molecule has 0 unspecified atom stereocenters. The first-order valence-corrected chi connectivity index (χ1v) is 8.29. The standard InChI is InChI=1S/C19H15NO4S/c1-2-10-23-14-7-5-6-13(11-14)12-17(18(21)22)25-19-20-15-8-3-4-9-16(15)24-19/h2-9,11-12H,1,10H2,(H,21,22)/b17-12-. The Morgan fingerprint density at radius 3 is 2.88 bits per heavy atom. The van der Waals surface area contributed by atoms with Crippen molar-refractivity contribution < 1.29 is 19.1 Å². The average Bonchev–Trinajstić information content (AvgIpc) is 3.02. The molecule has 1 N–H and O–H groups in total. The number of rotatable bonds is 7. The van der Waals surface area contributed by atoms with Crippen molar-refractivity contribution in [2.24, 2.45) is 0 Å². The third kappa shape index (κ3) is 4.30. The van der Waals surface area contributed by atoms with Gasteiger partial charge in [-0.25, -0.2) is 9.78 Å². The van der Waals surface area contributed by atoms with Gasteiger partial charge in [-0.1, -0.05) is 36.9 Å². The first kappa shape index (κ1) is 16.9. The molecule has 0 aliphatic rings. The van der Waals surface area contributed by atoms with Crippen LogP contribution < -0.4 is 4.74 Å². The normalized spacial score (nSPS) is 11.4. The molecule has 1 heterocycles. The third-order valence-corrected chi connectivity index (χ3v) is 4.07. The number of nitrogens with zero attached hydrogens (tertiary/aromatic N) is 1. The smallest absolute Gasteiger partial charge is 0.342 e. The van der Waals surface area contributed by atoms with Crippen molar-refractivity contribution in [2.45, 2.75) is 5.22 Å². The highest BCUT2D eigenvalue weighted by atomic mass is 32.2. The van der Waals surface area contributed by atoms with E-state index in [0.717, 1.165) is 11.8 Å². The van der Waals surface area contributed by atoms with Crippen molar-refractivity contribution in [1.82, 2.24) is 4.98 Å². The Kier molecular flexibility index (Phi) is 5.20. The van der Waals surface area contributed by atoms with Gasteiger partial charge in [0.2, 0.25) is 0 Å². The van der Waals surface area contributed by atoms with Gasteiger partial charge in [0.25, 0.3) is 5.22 Å². The molecule has 0 saturated heterocycles. The summed E-state index contributed by atoms with van der Waals surface area (Å²) < 4.78 is 11.0. The van der Waals surface area contributed by atoms with Crippen molar-refractivity contribution in [3.05, 3.63) is 71.7 Å². The predicted octanol–water partition coefficient (Wildman–Crippen LogP) is 4.61. The lowest BCUT2D eigenvalue weighted by Crippen LogP contribution is -1.97. The molecule has 0 amide bonds. The van der Waals surface area contributed by atoms with Crippen molar-refractivity contribution in [1.29, 1.82) is 0 Å². The van der Waals surface area contributed by atoms with Crippen molar-refractivity contribution >= 4 is 34.9 Å². The molecular formula is C19H15NO4S. The van der Waals surface area contributed by atoms with E-state index in [1.807, 2.05) is 18.2 Å². The second kappa shape index (κ2) is 7.72. The van der Waals surface area contributed by atoms with Gasteiger partial charge in [0.1, 0.15) is 22.8 Å². The van der Waals surface area contributed by atoms with Gasteiger partial charge in [-0.05, 0) is 47.7 Å². The number of aliphatic carboxylic acids is 1. The van der Waals surface area contributed by atoms with Gasteiger partial charge in [0.05, 0.1) is 0 Å². The average molecular weight is 353 g/mol. The van der Waals surface area contributed by atoms with Gasteiger partial charge < -0.3 is 14.3 Å². The van der Waals surface area contributed by atoms with Gasteiger partial charge >= 0.3 is 5.97 Å². The molecule has 0 atom stereocenters. The van der Waals surface area contributed by atoms with Crippen LogP contribution in [0.2, 0.25) is 0 Å². The monoisotopic (exact) mass is 353 g/mol. The number of oxazole rings is 1. The van der Waals surface area contributed by atoms with E-state index >= 15 is 0 Å². The zero-order chi connectivity index (χ0) is 17.6. The summed E-state index contributed by atoms with van der Waals surface area (Å²) in [6.07, 6.45) is 3.21. The molecule has 3 aromatic rings. The van der Waals surface area contributed by atoms with E-state index in [9.17, 15) is 9.90 Å². The topological polar surface area (TPSA) is 72.6 Å². The van der Waals surface area contributed by atoms with Crippen molar-refractivity contribution in [3.63, 3.8) is 0 Å². The summed E-state index contributed by atoms with van der Waals surface area (Å²) in [7, 11) is 0. The van der Waals surface area contributed by atoms with Crippen LogP contribution in [0, 0.1) is 0 Å². The number of fused-ring (bicyclic) bond motifs is 1. The van der Waals surface area contributed by atoms with E-state index in [2.05, 4.69) is 11.6 Å². The lowest BCUT2D eigenvalue weighted by molar-refractivity contribution is -0.131. The van der Waals surface area contributed by atoms with Crippen LogP contribution in [-0.2, 0) is 4.79 Å². The summed E-state index contributed by atoms with van der Waals surface area (Å²) in [4.78, 5) is 16.0. The number of para-hydroxylation sites is 2. The van der Waals surface area contributed by atoms with Crippen LogP contribution in [0.4, 0.5) is 0 Å². The molecule has 5 nitrogen and oxygen atoms in total. The Morgan fingerprint density at radius 1 is 1.28 bits per heavy atom. The van der Waals surface area contributed by atoms with Gasteiger partial charge in [-0.2, -0.15) is 0 Å². The zero-order valence-corrected chi connectivity index (χ0v) is 14.0. The van der Waals surface area contributed by atoms with Gasteiger partial charge in [-0.15, -0.1) is 0 Å². The predicted molar refractivity (Wildman–Crippen MR) is 97.6 cm³/mol. The first-order chi connectivity index (χ1) is 12.2. The summed E-state index contributed by atoms with van der Waals surface area (Å²) in [5.74, 6) is -0.407. The SMILES string of the molecule is C=CCOc1cccc(/C=C(\Sc2nc3ccccc3o2)C(=O)O)c1. The molecule has 2 aromatic carbocycles. The van der Waals surface area contributed by atoms with Crippen LogP contribution >= 0.6 is 11.8 Å². The lowest BCUT2D eigenvalue weighted by Gasteiger charge is -2.04. The van der Waals surface area contributed by atoms with Crippen LogP contribution in [0.1, 0.15) is 5.56 Å². The summed E-state index contributed by atoms with van der Waals surface area (Å²) in [6, 6.07) is 14.5. The maximum absolute atomic E-state index is 11.6. The molecule has 0 fully saturated rings. The number of carboxylic acids is 1. The maximum Gasteiger partial charge on any atom is 0.342 e. The van der Waals surface area contributed by atoms with Crippen molar-refractivity contribution in [2.75, 3.05) is 6.61 Å². The number of aromatic nitrogens is 1. The minimum Gasteiger partial charge on any atom is -0.490 e. The highest BCUT2D eigenvalue weighted by Crippen LogP contribution is 2.31. The quantitative estimate of drug-likeness (QED) is 0.380. The molecule has 25 heavy (non-hydrogen) atoms. The molecule has 1 aromatic heterocycles. The fourth-order valence-electron chi connectivity index (χ4n) is 2.12. The number of carboxylic acid groups (broad SMARTS) is 1. The van der Waals surface area contributed by atoms with Gasteiger partial charge in [0, 0.05) is 0 Å². The summed E-state index contributed by atoms with van der Waals surface area (Å²) in [5, 5.41) is 9.76. The van der Waals surface area contributed by atoms with Crippen LogP contribution in [0.25, 0.3) is 17.2 Å². The highest BCUT2D eigenvalue weighted by molar-refractivity contribution is 8.03. The number of carbonyl (C=O) groups is 1. The molecule has 0 spiro atoms. The Balaban J connectivity index is 1.86. The van der Waals surface area contributed by atoms with E-state index in [-0.39, 0.29) is 10.1 Å². The Labute approximate surface area is 148 Å². The summed E-state index contributed by atoms with van der Waals surface area (Å²) in [6.45, 7) is 3.98. The Hall–Kier alpha value is -2.99. The molecule has 126 valence electrons. The Morgan fingerprint density at radius 2 is 2.12 bits per heavy atom. The number of hydrogen-bond acceptors (Lipinski definition) is 5. The van der Waals surface area contributed by atoms with E-state index in [0.29, 0.717) is 29.0 Å². The molecule has 0 aliphatic heterocycles. The largest absolute Gasteiger partial charge is 0.490 e. The summed E-state index contributed by atoms with van der Waals surface area (Å²) >= 11 is 0.968. The Bertz CT molecular complexity index is 912. The van der Waals surface area contributed by atoms with E-state index in [1.54, 1.807) is 42.5 Å². The lowest BCUT2D eigenvalue weighted by atomic mass is 10.2. The van der Waals surface area contributed by atoms with Crippen LogP contribution in [-0.4, -0.2) is 22.7 Å². The minimum absolute atomic E-state index is 0.104.